The van der Waals surface area contributed by atoms with Gasteiger partial charge in [-0.3, -0.25) is 4.79 Å². The minimum atomic E-state index is -0.426. The molecule has 2 N–H and O–H groups in total. The number of esters is 1. The number of hydrogen-bond donors (Lipinski definition) is 1. The minimum absolute atomic E-state index is 0.204. The molecular weight excluding hydrogens is 294 g/mol. The van der Waals surface area contributed by atoms with Crippen LogP contribution < -0.4 is 14.8 Å². The fourth-order valence-electron chi connectivity index (χ4n) is 3.19. The molecule has 0 amide bonds. The average molecular weight is 322 g/mol. The molecule has 0 aliphatic carbocycles. The van der Waals surface area contributed by atoms with Gasteiger partial charge in [0, 0.05) is 30.4 Å². The van der Waals surface area contributed by atoms with Crippen LogP contribution in [0, 0.1) is 5.92 Å². The van der Waals surface area contributed by atoms with Crippen molar-refractivity contribution in [3.63, 3.8) is 0 Å². The van der Waals surface area contributed by atoms with Crippen LogP contribution in [0.25, 0.3) is 0 Å². The Labute approximate surface area is 138 Å². The lowest BCUT2D eigenvalue weighted by atomic mass is 9.83. The summed E-state index contributed by atoms with van der Waals surface area (Å²) in [4.78, 5) is 12.4. The smallest absolute Gasteiger partial charge is 0.310 e. The van der Waals surface area contributed by atoms with Crippen molar-refractivity contribution in [3.8, 4) is 11.5 Å². The number of quaternary nitrogens is 1. The van der Waals surface area contributed by atoms with E-state index in [-0.39, 0.29) is 12.4 Å². The van der Waals surface area contributed by atoms with E-state index in [2.05, 4.69) is 5.32 Å². The van der Waals surface area contributed by atoms with E-state index in [0.717, 1.165) is 31.5 Å². The standard InChI is InChI=1S/C18H27NO4/c1-18(2,14-7-9-19-10-8-14)23-17(20)11-13-5-6-15(21-3)12-16(13)22-4/h5-6,12,14,19H,7-11H2,1-4H3/p+1. The number of nitrogens with two attached hydrogens (primary N) is 1. The molecule has 0 bridgehead atoms. The quantitative estimate of drug-likeness (QED) is 0.807. The Balaban J connectivity index is 2.01. The van der Waals surface area contributed by atoms with E-state index in [1.165, 1.54) is 0 Å². The largest absolute Gasteiger partial charge is 0.497 e. The summed E-state index contributed by atoms with van der Waals surface area (Å²) in [6.07, 6.45) is 2.38. The number of methoxy groups -OCH3 is 2. The second kappa shape index (κ2) is 7.68. The highest BCUT2D eigenvalue weighted by Crippen LogP contribution is 2.30. The van der Waals surface area contributed by atoms with Gasteiger partial charge in [0.25, 0.3) is 0 Å². The van der Waals surface area contributed by atoms with E-state index >= 15 is 0 Å². The molecule has 2 rings (SSSR count). The molecule has 0 radical (unpaired) electrons. The van der Waals surface area contributed by atoms with E-state index < -0.39 is 5.60 Å². The molecular formula is C18H28NO4+. The maximum absolute atomic E-state index is 12.4. The van der Waals surface area contributed by atoms with Crippen molar-refractivity contribution >= 4 is 5.97 Å². The van der Waals surface area contributed by atoms with Crippen LogP contribution in [0.15, 0.2) is 18.2 Å². The van der Waals surface area contributed by atoms with Crippen LogP contribution in [-0.4, -0.2) is 38.9 Å². The Morgan fingerprint density at radius 1 is 1.22 bits per heavy atom. The summed E-state index contributed by atoms with van der Waals surface area (Å²) in [7, 11) is 3.19. The average Bonchev–Trinajstić information content (AvgIpc) is 2.55. The molecule has 23 heavy (non-hydrogen) atoms. The first-order valence-electron chi connectivity index (χ1n) is 8.20. The first-order valence-corrected chi connectivity index (χ1v) is 8.20. The fraction of sp³-hybridized carbons (Fsp3) is 0.611. The Bertz CT molecular complexity index is 536. The van der Waals surface area contributed by atoms with E-state index in [9.17, 15) is 4.79 Å². The fourth-order valence-corrected chi connectivity index (χ4v) is 3.19. The van der Waals surface area contributed by atoms with Gasteiger partial charge < -0.3 is 19.5 Å². The molecule has 1 heterocycles. The SMILES string of the molecule is COc1ccc(CC(=O)OC(C)(C)C2CC[NH2+]CC2)c(OC)c1. The Morgan fingerprint density at radius 3 is 2.52 bits per heavy atom. The maximum Gasteiger partial charge on any atom is 0.310 e. The van der Waals surface area contributed by atoms with Gasteiger partial charge in [0.05, 0.1) is 33.7 Å². The molecule has 1 fully saturated rings. The molecule has 0 saturated carbocycles. The number of ether oxygens (including phenoxy) is 3. The number of carbonyl (C=O) groups excluding carboxylic acids is 1. The zero-order valence-electron chi connectivity index (χ0n) is 14.6. The van der Waals surface area contributed by atoms with Gasteiger partial charge >= 0.3 is 5.97 Å². The molecule has 1 aliphatic heterocycles. The van der Waals surface area contributed by atoms with Gasteiger partial charge in [-0.1, -0.05) is 6.07 Å². The summed E-state index contributed by atoms with van der Waals surface area (Å²) >= 11 is 0. The summed E-state index contributed by atoms with van der Waals surface area (Å²) in [5.74, 6) is 1.56. The van der Waals surface area contributed by atoms with Crippen molar-refractivity contribution in [2.75, 3.05) is 27.3 Å². The maximum atomic E-state index is 12.4. The third-order valence-corrected chi connectivity index (χ3v) is 4.63. The normalized spacial score (nSPS) is 16.0. The molecule has 128 valence electrons. The highest BCUT2D eigenvalue weighted by Gasteiger charge is 2.35. The van der Waals surface area contributed by atoms with Gasteiger partial charge in [-0.15, -0.1) is 0 Å². The van der Waals surface area contributed by atoms with Crippen LogP contribution in [0.3, 0.4) is 0 Å². The first kappa shape index (κ1) is 17.6. The van der Waals surface area contributed by atoms with Crippen LogP contribution in [0.1, 0.15) is 32.3 Å². The highest BCUT2D eigenvalue weighted by atomic mass is 16.6. The third-order valence-electron chi connectivity index (χ3n) is 4.63. The molecule has 5 heteroatoms. The van der Waals surface area contributed by atoms with Crippen molar-refractivity contribution in [1.82, 2.24) is 0 Å². The van der Waals surface area contributed by atoms with Crippen LogP contribution >= 0.6 is 0 Å². The number of rotatable bonds is 6. The van der Waals surface area contributed by atoms with Crippen molar-refractivity contribution in [2.24, 2.45) is 5.92 Å². The topological polar surface area (TPSA) is 61.4 Å². The second-order valence-corrected chi connectivity index (χ2v) is 6.57. The predicted molar refractivity (Wildman–Crippen MR) is 87.8 cm³/mol. The predicted octanol–water partition coefficient (Wildman–Crippen LogP) is 1.54. The van der Waals surface area contributed by atoms with Crippen LogP contribution in [0.4, 0.5) is 0 Å². The number of benzene rings is 1. The summed E-state index contributed by atoms with van der Waals surface area (Å²) in [6.45, 7) is 6.26. The lowest BCUT2D eigenvalue weighted by molar-refractivity contribution is -0.665. The highest BCUT2D eigenvalue weighted by molar-refractivity contribution is 5.74. The number of carbonyl (C=O) groups is 1. The molecule has 0 unspecified atom stereocenters. The van der Waals surface area contributed by atoms with E-state index in [0.29, 0.717) is 17.4 Å². The molecule has 0 spiro atoms. The zero-order valence-corrected chi connectivity index (χ0v) is 14.6. The second-order valence-electron chi connectivity index (χ2n) is 6.57. The van der Waals surface area contributed by atoms with E-state index in [4.69, 9.17) is 14.2 Å². The molecule has 1 aliphatic rings. The summed E-state index contributed by atoms with van der Waals surface area (Å²) in [5, 5.41) is 2.32. The summed E-state index contributed by atoms with van der Waals surface area (Å²) in [6, 6.07) is 5.46. The molecule has 0 atom stereocenters. The summed E-state index contributed by atoms with van der Waals surface area (Å²) < 4.78 is 16.3. The van der Waals surface area contributed by atoms with Crippen molar-refractivity contribution in [2.45, 2.75) is 38.7 Å². The molecule has 5 nitrogen and oxygen atoms in total. The van der Waals surface area contributed by atoms with Crippen molar-refractivity contribution in [3.05, 3.63) is 23.8 Å². The molecule has 1 aromatic carbocycles. The minimum Gasteiger partial charge on any atom is -0.497 e. The van der Waals surface area contributed by atoms with Crippen molar-refractivity contribution in [1.29, 1.82) is 0 Å². The zero-order chi connectivity index (χ0) is 16.9. The molecule has 0 aromatic heterocycles. The van der Waals surface area contributed by atoms with Gasteiger partial charge in [0.1, 0.15) is 17.1 Å². The number of hydrogen-bond acceptors (Lipinski definition) is 4. The Morgan fingerprint density at radius 2 is 1.91 bits per heavy atom. The van der Waals surface area contributed by atoms with Gasteiger partial charge in [-0.2, -0.15) is 0 Å². The lowest BCUT2D eigenvalue weighted by Gasteiger charge is -2.35. The van der Waals surface area contributed by atoms with E-state index in [1.54, 1.807) is 20.3 Å². The monoisotopic (exact) mass is 322 g/mol. The van der Waals surface area contributed by atoms with Gasteiger partial charge in [-0.25, -0.2) is 0 Å². The van der Waals surface area contributed by atoms with Crippen LogP contribution in [-0.2, 0) is 16.0 Å². The van der Waals surface area contributed by atoms with Gasteiger partial charge in [-0.05, 0) is 19.9 Å². The summed E-state index contributed by atoms with van der Waals surface area (Å²) in [5.41, 5.74) is 0.386. The number of piperidine rings is 1. The van der Waals surface area contributed by atoms with E-state index in [1.807, 2.05) is 26.0 Å². The Kier molecular flexibility index (Phi) is 5.88. The molecule has 1 saturated heterocycles. The van der Waals surface area contributed by atoms with Gasteiger partial charge in [0.2, 0.25) is 0 Å². The Hall–Kier alpha value is -1.75. The van der Waals surface area contributed by atoms with Gasteiger partial charge in [0.15, 0.2) is 0 Å². The van der Waals surface area contributed by atoms with Crippen molar-refractivity contribution < 1.29 is 24.3 Å². The third kappa shape index (κ3) is 4.61. The van der Waals surface area contributed by atoms with Crippen LogP contribution in [0.2, 0.25) is 0 Å². The molecule has 1 aromatic rings. The lowest BCUT2D eigenvalue weighted by Crippen LogP contribution is -2.86. The van der Waals surface area contributed by atoms with Crippen LogP contribution in [0.5, 0.6) is 11.5 Å². The first-order chi connectivity index (χ1) is 11.0.